The smallest absolute Gasteiger partial charge is 0.409 e. The highest BCUT2D eigenvalue weighted by Crippen LogP contribution is 2.36. The summed E-state index contributed by atoms with van der Waals surface area (Å²) in [5, 5.41) is 13.2. The highest BCUT2D eigenvalue weighted by molar-refractivity contribution is 7.15. The average molecular weight is 319 g/mol. The number of hydrogen-bond acceptors (Lipinski definition) is 4. The molecule has 2 N–H and O–H groups in total. The molecule has 1 heterocycles. The number of nitrogens with one attached hydrogen (secondary N) is 1. The van der Waals surface area contributed by atoms with Crippen molar-refractivity contribution in [3.05, 3.63) is 41.3 Å². The second-order valence-corrected chi connectivity index (χ2v) is 6.53. The average Bonchev–Trinajstić information content (AvgIpc) is 2.80. The van der Waals surface area contributed by atoms with Crippen LogP contribution in [-0.2, 0) is 4.74 Å². The number of carboxylic acid groups (broad SMARTS) is 1. The van der Waals surface area contributed by atoms with Crippen molar-refractivity contribution in [3.63, 3.8) is 0 Å². The zero-order valence-electron chi connectivity index (χ0n) is 12.5. The van der Waals surface area contributed by atoms with Crippen LogP contribution in [0.4, 0.5) is 9.80 Å². The van der Waals surface area contributed by atoms with Crippen molar-refractivity contribution in [3.8, 4) is 11.1 Å². The van der Waals surface area contributed by atoms with E-state index in [1.165, 1.54) is 0 Å². The zero-order valence-corrected chi connectivity index (χ0v) is 13.4. The lowest BCUT2D eigenvalue weighted by atomic mass is 10.0. The van der Waals surface area contributed by atoms with E-state index in [2.05, 4.69) is 5.32 Å². The molecule has 1 amide bonds. The molecular formula is C16H17NO4S. The molecule has 0 fully saturated rings. The van der Waals surface area contributed by atoms with Crippen LogP contribution >= 0.6 is 11.3 Å². The molecule has 5 nitrogen and oxygen atoms in total. The van der Waals surface area contributed by atoms with E-state index < -0.39 is 17.7 Å². The fourth-order valence-corrected chi connectivity index (χ4v) is 2.86. The van der Waals surface area contributed by atoms with Crippen LogP contribution in [0.1, 0.15) is 31.1 Å². The Morgan fingerprint density at radius 2 is 1.82 bits per heavy atom. The third-order valence-corrected chi connectivity index (χ3v) is 3.59. The van der Waals surface area contributed by atoms with Gasteiger partial charge >= 0.3 is 12.1 Å². The fourth-order valence-electron chi connectivity index (χ4n) is 1.91. The number of thiophene rings is 1. The molecule has 22 heavy (non-hydrogen) atoms. The van der Waals surface area contributed by atoms with Crippen molar-refractivity contribution >= 4 is 28.4 Å². The molecular weight excluding hydrogens is 302 g/mol. The van der Waals surface area contributed by atoms with Crippen LogP contribution in [-0.4, -0.2) is 22.8 Å². The first kappa shape index (κ1) is 16.0. The van der Waals surface area contributed by atoms with Crippen LogP contribution in [0.25, 0.3) is 11.1 Å². The number of amides is 1. The molecule has 1 aromatic heterocycles. The minimum atomic E-state index is -1.22. The van der Waals surface area contributed by atoms with Gasteiger partial charge in [0.1, 0.15) is 16.2 Å². The summed E-state index contributed by atoms with van der Waals surface area (Å²) in [6.45, 7) is 5.30. The van der Waals surface area contributed by atoms with Crippen LogP contribution < -0.4 is 5.32 Å². The summed E-state index contributed by atoms with van der Waals surface area (Å²) in [6.07, 6.45) is -1.22. The van der Waals surface area contributed by atoms with Gasteiger partial charge in [-0.1, -0.05) is 30.3 Å². The highest BCUT2D eigenvalue weighted by atomic mass is 32.1. The van der Waals surface area contributed by atoms with E-state index in [9.17, 15) is 9.59 Å². The lowest BCUT2D eigenvalue weighted by molar-refractivity contribution is 0.00722. The van der Waals surface area contributed by atoms with Gasteiger partial charge in [0.15, 0.2) is 0 Å². The lowest BCUT2D eigenvalue weighted by Gasteiger charge is -2.20. The Hall–Kier alpha value is -2.34. The summed E-state index contributed by atoms with van der Waals surface area (Å²) in [7, 11) is 0. The number of esters is 1. The van der Waals surface area contributed by atoms with Gasteiger partial charge < -0.3 is 9.84 Å². The maximum atomic E-state index is 12.5. The summed E-state index contributed by atoms with van der Waals surface area (Å²) in [6, 6.07) is 9.31. The molecule has 0 saturated heterocycles. The molecule has 0 unspecified atom stereocenters. The number of ether oxygens (including phenoxy) is 1. The molecule has 1 aromatic carbocycles. The number of carbonyl (C=O) groups is 2. The molecule has 0 bridgehead atoms. The van der Waals surface area contributed by atoms with Gasteiger partial charge in [-0.25, -0.2) is 9.59 Å². The summed E-state index contributed by atoms with van der Waals surface area (Å²) < 4.78 is 5.40. The quantitative estimate of drug-likeness (QED) is 0.819. The summed E-state index contributed by atoms with van der Waals surface area (Å²) in [4.78, 5) is 23.4. The molecule has 2 rings (SSSR count). The third kappa shape index (κ3) is 3.85. The van der Waals surface area contributed by atoms with Crippen molar-refractivity contribution in [2.75, 3.05) is 5.32 Å². The lowest BCUT2D eigenvalue weighted by Crippen LogP contribution is -2.24. The standard InChI is InChI=1S/C16H17NO4S/c1-16(2,3)21-14(18)12-11(10-7-5-4-6-8-10)9-22-13(12)17-15(19)20/h4-9,17H,1-3H3,(H,19,20). The van der Waals surface area contributed by atoms with Gasteiger partial charge in [0.05, 0.1) is 0 Å². The first-order valence-electron chi connectivity index (χ1n) is 6.68. The van der Waals surface area contributed by atoms with Gasteiger partial charge in [0.2, 0.25) is 0 Å². The summed E-state index contributed by atoms with van der Waals surface area (Å²) in [5.41, 5.74) is 1.07. The molecule has 0 saturated carbocycles. The van der Waals surface area contributed by atoms with E-state index >= 15 is 0 Å². The second-order valence-electron chi connectivity index (χ2n) is 5.65. The van der Waals surface area contributed by atoms with Gasteiger partial charge in [-0.3, -0.25) is 5.32 Å². The number of anilines is 1. The monoisotopic (exact) mass is 319 g/mol. The maximum Gasteiger partial charge on any atom is 0.409 e. The third-order valence-electron chi connectivity index (χ3n) is 2.70. The van der Waals surface area contributed by atoms with Crippen LogP contribution in [0.2, 0.25) is 0 Å². The highest BCUT2D eigenvalue weighted by Gasteiger charge is 2.26. The van der Waals surface area contributed by atoms with Gasteiger partial charge in [0, 0.05) is 10.9 Å². The Morgan fingerprint density at radius 3 is 2.36 bits per heavy atom. The number of benzene rings is 1. The Morgan fingerprint density at radius 1 is 1.18 bits per heavy atom. The molecule has 0 aliphatic rings. The maximum absolute atomic E-state index is 12.5. The Bertz CT molecular complexity index is 686. The van der Waals surface area contributed by atoms with Crippen LogP contribution in [0.3, 0.4) is 0 Å². The molecule has 0 spiro atoms. The molecule has 2 aromatic rings. The first-order chi connectivity index (χ1) is 10.3. The van der Waals surface area contributed by atoms with Crippen LogP contribution in [0.5, 0.6) is 0 Å². The zero-order chi connectivity index (χ0) is 16.3. The second kappa shape index (κ2) is 6.19. The Labute approximate surface area is 132 Å². The summed E-state index contributed by atoms with van der Waals surface area (Å²) >= 11 is 1.16. The van der Waals surface area contributed by atoms with Gasteiger partial charge in [-0.15, -0.1) is 11.3 Å². The normalized spacial score (nSPS) is 11.0. The Kier molecular flexibility index (Phi) is 4.51. The van der Waals surface area contributed by atoms with E-state index in [0.717, 1.165) is 16.9 Å². The summed E-state index contributed by atoms with van der Waals surface area (Å²) in [5.74, 6) is -0.545. The van der Waals surface area contributed by atoms with Crippen molar-refractivity contribution in [1.29, 1.82) is 0 Å². The molecule has 116 valence electrons. The van der Waals surface area contributed by atoms with E-state index in [1.54, 1.807) is 26.2 Å². The molecule has 0 aliphatic carbocycles. The van der Waals surface area contributed by atoms with Gasteiger partial charge in [-0.05, 0) is 26.3 Å². The van der Waals surface area contributed by atoms with Crippen molar-refractivity contribution in [1.82, 2.24) is 0 Å². The largest absolute Gasteiger partial charge is 0.465 e. The molecule has 0 aliphatic heterocycles. The van der Waals surface area contributed by atoms with E-state index in [1.807, 2.05) is 30.3 Å². The van der Waals surface area contributed by atoms with E-state index in [4.69, 9.17) is 9.84 Å². The molecule has 6 heteroatoms. The minimum Gasteiger partial charge on any atom is -0.465 e. The predicted molar refractivity (Wildman–Crippen MR) is 86.6 cm³/mol. The SMILES string of the molecule is CC(C)(C)OC(=O)c1c(-c2ccccc2)csc1NC(=O)O. The Balaban J connectivity index is 2.49. The van der Waals surface area contributed by atoms with Gasteiger partial charge in [0.25, 0.3) is 0 Å². The van der Waals surface area contributed by atoms with E-state index in [0.29, 0.717) is 5.56 Å². The van der Waals surface area contributed by atoms with Crippen molar-refractivity contribution < 1.29 is 19.4 Å². The van der Waals surface area contributed by atoms with E-state index in [-0.39, 0.29) is 10.6 Å². The predicted octanol–water partition coefficient (Wildman–Crippen LogP) is 4.46. The number of carbonyl (C=O) groups excluding carboxylic acids is 1. The number of hydrogen-bond donors (Lipinski definition) is 2. The van der Waals surface area contributed by atoms with Gasteiger partial charge in [-0.2, -0.15) is 0 Å². The number of rotatable bonds is 3. The molecule has 0 atom stereocenters. The minimum absolute atomic E-state index is 0.244. The van der Waals surface area contributed by atoms with Crippen LogP contribution in [0, 0.1) is 0 Å². The van der Waals surface area contributed by atoms with Crippen molar-refractivity contribution in [2.45, 2.75) is 26.4 Å². The fraction of sp³-hybridized carbons (Fsp3) is 0.250. The van der Waals surface area contributed by atoms with Crippen LogP contribution in [0.15, 0.2) is 35.7 Å². The van der Waals surface area contributed by atoms with Crippen molar-refractivity contribution in [2.24, 2.45) is 0 Å². The molecule has 0 radical (unpaired) electrons. The topological polar surface area (TPSA) is 75.6 Å². The first-order valence-corrected chi connectivity index (χ1v) is 7.56.